The van der Waals surface area contributed by atoms with Crippen molar-refractivity contribution in [2.45, 2.75) is 26.3 Å². The smallest absolute Gasteiger partial charge is 0.242 e. The molecular formula is C12H16BrClN2O. The number of hydrogen-bond donors (Lipinski definition) is 2. The molecule has 0 heterocycles. The molecule has 94 valence electrons. The number of nitrogens with one attached hydrogen (secondary N) is 2. The summed E-state index contributed by atoms with van der Waals surface area (Å²) >= 11 is 9.24. The molecule has 0 radical (unpaired) electrons. The highest BCUT2D eigenvalue weighted by atomic mass is 79.9. The summed E-state index contributed by atoms with van der Waals surface area (Å²) in [5, 5.41) is 6.61. The summed E-state index contributed by atoms with van der Waals surface area (Å²) in [6.45, 7) is 4.55. The Hall–Kier alpha value is -0.740. The van der Waals surface area contributed by atoms with Crippen LogP contribution in [0.15, 0.2) is 22.7 Å². The van der Waals surface area contributed by atoms with Crippen LogP contribution in [0.25, 0.3) is 0 Å². The van der Waals surface area contributed by atoms with E-state index in [9.17, 15) is 4.79 Å². The van der Waals surface area contributed by atoms with Crippen molar-refractivity contribution in [1.29, 1.82) is 0 Å². The lowest BCUT2D eigenvalue weighted by Crippen LogP contribution is -2.37. The number of hydrogen-bond acceptors (Lipinski definition) is 2. The van der Waals surface area contributed by atoms with Gasteiger partial charge >= 0.3 is 0 Å². The summed E-state index contributed by atoms with van der Waals surface area (Å²) in [5.41, 5.74) is 0.862. The third-order valence-electron chi connectivity index (χ3n) is 2.25. The van der Waals surface area contributed by atoms with Crippen LogP contribution in [0.3, 0.4) is 0 Å². The van der Waals surface area contributed by atoms with E-state index in [1.165, 1.54) is 0 Å². The molecule has 3 nitrogen and oxygen atoms in total. The number of anilines is 1. The number of carbonyl (C=O) groups excluding carboxylic acids is 1. The highest BCUT2D eigenvalue weighted by molar-refractivity contribution is 9.10. The van der Waals surface area contributed by atoms with Crippen LogP contribution in [0.2, 0.25) is 5.02 Å². The molecule has 17 heavy (non-hydrogen) atoms. The highest BCUT2D eigenvalue weighted by Gasteiger charge is 2.11. The third kappa shape index (κ3) is 4.56. The van der Waals surface area contributed by atoms with Gasteiger partial charge in [-0.1, -0.05) is 18.5 Å². The van der Waals surface area contributed by atoms with E-state index in [1.54, 1.807) is 6.07 Å². The zero-order valence-corrected chi connectivity index (χ0v) is 12.2. The monoisotopic (exact) mass is 318 g/mol. The number of benzene rings is 1. The van der Waals surface area contributed by atoms with Crippen molar-refractivity contribution in [2.24, 2.45) is 0 Å². The lowest BCUT2D eigenvalue weighted by Gasteiger charge is -2.15. The Bertz CT molecular complexity index is 398. The van der Waals surface area contributed by atoms with Crippen LogP contribution in [0.5, 0.6) is 0 Å². The maximum Gasteiger partial charge on any atom is 0.242 e. The van der Waals surface area contributed by atoms with Crippen molar-refractivity contribution in [1.82, 2.24) is 5.32 Å². The van der Waals surface area contributed by atoms with E-state index in [1.807, 2.05) is 26.0 Å². The number of halogens is 2. The van der Waals surface area contributed by atoms with Crippen LogP contribution in [0.4, 0.5) is 5.69 Å². The normalized spacial score (nSPS) is 12.0. The Morgan fingerprint density at radius 1 is 1.53 bits per heavy atom. The van der Waals surface area contributed by atoms with Crippen molar-refractivity contribution in [3.05, 3.63) is 27.7 Å². The van der Waals surface area contributed by atoms with Gasteiger partial charge in [-0.3, -0.25) is 4.79 Å². The second-order valence-corrected chi connectivity index (χ2v) is 5.05. The SMILES string of the molecule is CCCNC(=O)C(C)Nc1ccc(Cl)c(Br)c1. The Morgan fingerprint density at radius 2 is 2.24 bits per heavy atom. The Labute approximate surface area is 115 Å². The predicted molar refractivity (Wildman–Crippen MR) is 75.5 cm³/mol. The van der Waals surface area contributed by atoms with E-state index in [2.05, 4.69) is 26.6 Å². The second kappa shape index (κ2) is 6.87. The quantitative estimate of drug-likeness (QED) is 0.873. The van der Waals surface area contributed by atoms with Crippen molar-refractivity contribution < 1.29 is 4.79 Å². The number of carbonyl (C=O) groups is 1. The molecular weight excluding hydrogens is 304 g/mol. The maximum atomic E-state index is 11.6. The van der Waals surface area contributed by atoms with E-state index in [-0.39, 0.29) is 11.9 Å². The number of rotatable bonds is 5. The average molecular weight is 320 g/mol. The van der Waals surface area contributed by atoms with Crippen molar-refractivity contribution in [3.8, 4) is 0 Å². The van der Waals surface area contributed by atoms with Gasteiger partial charge in [0.2, 0.25) is 5.91 Å². The summed E-state index contributed by atoms with van der Waals surface area (Å²) in [7, 11) is 0. The molecule has 0 aliphatic rings. The molecule has 1 rings (SSSR count). The first-order valence-electron chi connectivity index (χ1n) is 5.54. The van der Waals surface area contributed by atoms with Gasteiger partial charge in [0, 0.05) is 16.7 Å². The van der Waals surface area contributed by atoms with E-state index in [0.717, 1.165) is 16.6 Å². The maximum absolute atomic E-state index is 11.6. The Balaban J connectivity index is 2.58. The van der Waals surface area contributed by atoms with Gasteiger partial charge in [0.1, 0.15) is 6.04 Å². The fourth-order valence-electron chi connectivity index (χ4n) is 1.30. The van der Waals surface area contributed by atoms with Crippen LogP contribution < -0.4 is 10.6 Å². The van der Waals surface area contributed by atoms with Gasteiger partial charge in [0.25, 0.3) is 0 Å². The highest BCUT2D eigenvalue weighted by Crippen LogP contribution is 2.25. The van der Waals surface area contributed by atoms with Gasteiger partial charge in [0.15, 0.2) is 0 Å². The molecule has 0 spiro atoms. The van der Waals surface area contributed by atoms with Gasteiger partial charge in [0.05, 0.1) is 5.02 Å². The summed E-state index contributed by atoms with van der Waals surface area (Å²) < 4.78 is 0.810. The van der Waals surface area contributed by atoms with Crippen molar-refractivity contribution in [2.75, 3.05) is 11.9 Å². The molecule has 2 N–H and O–H groups in total. The molecule has 0 saturated carbocycles. The average Bonchev–Trinajstić information content (AvgIpc) is 2.30. The van der Waals surface area contributed by atoms with Crippen molar-refractivity contribution in [3.63, 3.8) is 0 Å². The molecule has 1 atom stereocenters. The van der Waals surface area contributed by atoms with Crippen LogP contribution in [0.1, 0.15) is 20.3 Å². The summed E-state index contributed by atoms with van der Waals surface area (Å²) in [6.07, 6.45) is 0.935. The first-order chi connectivity index (χ1) is 8.04. The second-order valence-electron chi connectivity index (χ2n) is 3.79. The van der Waals surface area contributed by atoms with E-state index in [0.29, 0.717) is 11.6 Å². The van der Waals surface area contributed by atoms with E-state index in [4.69, 9.17) is 11.6 Å². The molecule has 0 saturated heterocycles. The van der Waals surface area contributed by atoms with Crippen LogP contribution >= 0.6 is 27.5 Å². The third-order valence-corrected chi connectivity index (χ3v) is 3.46. The summed E-state index contributed by atoms with van der Waals surface area (Å²) in [5.74, 6) is -0.00192. The summed E-state index contributed by atoms with van der Waals surface area (Å²) in [6, 6.07) is 5.21. The largest absolute Gasteiger partial charge is 0.374 e. The standard InChI is InChI=1S/C12H16BrClN2O/c1-3-6-15-12(17)8(2)16-9-4-5-11(14)10(13)7-9/h4-5,7-8,16H,3,6H2,1-2H3,(H,15,17). The fraction of sp³-hybridized carbons (Fsp3) is 0.417. The first kappa shape index (κ1) is 14.3. The lowest BCUT2D eigenvalue weighted by molar-refractivity contribution is -0.121. The molecule has 1 unspecified atom stereocenters. The molecule has 1 aromatic carbocycles. The molecule has 1 amide bonds. The van der Waals surface area contributed by atoms with Gasteiger partial charge in [-0.15, -0.1) is 0 Å². The zero-order valence-electron chi connectivity index (χ0n) is 9.89. The predicted octanol–water partition coefficient (Wildman–Crippen LogP) is 3.43. The molecule has 0 fully saturated rings. The molecule has 0 aliphatic carbocycles. The zero-order chi connectivity index (χ0) is 12.8. The van der Waals surface area contributed by atoms with Crippen molar-refractivity contribution >= 4 is 39.1 Å². The molecule has 5 heteroatoms. The molecule has 1 aromatic rings. The fourth-order valence-corrected chi connectivity index (χ4v) is 1.80. The van der Waals surface area contributed by atoms with Gasteiger partial charge in [-0.25, -0.2) is 0 Å². The lowest BCUT2D eigenvalue weighted by atomic mass is 10.2. The van der Waals surface area contributed by atoms with Gasteiger partial charge < -0.3 is 10.6 Å². The van der Waals surface area contributed by atoms with Crippen LogP contribution in [-0.4, -0.2) is 18.5 Å². The van der Waals surface area contributed by atoms with E-state index >= 15 is 0 Å². The Kier molecular flexibility index (Phi) is 5.78. The first-order valence-corrected chi connectivity index (χ1v) is 6.71. The van der Waals surface area contributed by atoms with E-state index < -0.39 is 0 Å². The number of amides is 1. The molecule has 0 aliphatic heterocycles. The minimum Gasteiger partial charge on any atom is -0.374 e. The minimum atomic E-state index is -0.269. The van der Waals surface area contributed by atoms with Crippen LogP contribution in [-0.2, 0) is 4.79 Å². The Morgan fingerprint density at radius 3 is 2.82 bits per heavy atom. The molecule has 0 bridgehead atoms. The summed E-state index contributed by atoms with van der Waals surface area (Å²) in [4.78, 5) is 11.6. The molecule has 0 aromatic heterocycles. The minimum absolute atomic E-state index is 0.00192. The van der Waals surface area contributed by atoms with Crippen LogP contribution in [0, 0.1) is 0 Å². The van der Waals surface area contributed by atoms with Gasteiger partial charge in [-0.05, 0) is 47.5 Å². The topological polar surface area (TPSA) is 41.1 Å². The van der Waals surface area contributed by atoms with Gasteiger partial charge in [-0.2, -0.15) is 0 Å².